The standard InChI is InChI=1S/C15H14N4OS/c1-16-13(10-6-3-2-4-7-10)15-19-18-14(21-15)11-8-5-9-12(20)17-11/h2-9,13,16H,1H3,(H,17,20). The molecule has 106 valence electrons. The average molecular weight is 298 g/mol. The first kappa shape index (κ1) is 13.7. The fourth-order valence-corrected chi connectivity index (χ4v) is 3.07. The Morgan fingerprint density at radius 3 is 2.62 bits per heavy atom. The molecule has 0 aliphatic heterocycles. The molecule has 3 aromatic rings. The molecule has 0 saturated carbocycles. The van der Waals surface area contributed by atoms with Gasteiger partial charge in [0.1, 0.15) is 5.01 Å². The lowest BCUT2D eigenvalue weighted by atomic mass is 10.1. The third-order valence-corrected chi connectivity index (χ3v) is 4.13. The second-order valence-electron chi connectivity index (χ2n) is 4.51. The maximum Gasteiger partial charge on any atom is 0.248 e. The molecule has 1 unspecified atom stereocenters. The van der Waals surface area contributed by atoms with Crippen LogP contribution in [0, 0.1) is 0 Å². The molecule has 0 aliphatic rings. The van der Waals surface area contributed by atoms with Crippen molar-refractivity contribution >= 4 is 11.3 Å². The molecule has 1 aromatic carbocycles. The monoisotopic (exact) mass is 298 g/mol. The van der Waals surface area contributed by atoms with Crippen LogP contribution in [0.3, 0.4) is 0 Å². The highest BCUT2D eigenvalue weighted by molar-refractivity contribution is 7.14. The van der Waals surface area contributed by atoms with Gasteiger partial charge >= 0.3 is 0 Å². The summed E-state index contributed by atoms with van der Waals surface area (Å²) in [6.07, 6.45) is 0. The quantitative estimate of drug-likeness (QED) is 0.774. The molecule has 0 bridgehead atoms. The van der Waals surface area contributed by atoms with E-state index in [-0.39, 0.29) is 11.6 Å². The van der Waals surface area contributed by atoms with E-state index in [0.717, 1.165) is 10.6 Å². The highest BCUT2D eigenvalue weighted by Gasteiger charge is 2.17. The minimum Gasteiger partial charge on any atom is -0.320 e. The van der Waals surface area contributed by atoms with Crippen LogP contribution < -0.4 is 10.9 Å². The minimum atomic E-state index is -0.141. The van der Waals surface area contributed by atoms with Gasteiger partial charge in [-0.3, -0.25) is 4.79 Å². The molecule has 1 atom stereocenters. The lowest BCUT2D eigenvalue weighted by Crippen LogP contribution is -2.17. The van der Waals surface area contributed by atoms with Crippen molar-refractivity contribution in [2.75, 3.05) is 7.05 Å². The normalized spacial score (nSPS) is 12.2. The Kier molecular flexibility index (Phi) is 3.89. The van der Waals surface area contributed by atoms with Crippen molar-refractivity contribution in [1.82, 2.24) is 20.5 Å². The van der Waals surface area contributed by atoms with E-state index in [1.165, 1.54) is 17.4 Å². The maximum absolute atomic E-state index is 11.4. The Hall–Kier alpha value is -2.31. The molecule has 0 spiro atoms. The molecule has 0 fully saturated rings. The van der Waals surface area contributed by atoms with Gasteiger partial charge in [-0.1, -0.05) is 47.7 Å². The van der Waals surface area contributed by atoms with Gasteiger partial charge in [-0.2, -0.15) is 0 Å². The number of hydrogen-bond donors (Lipinski definition) is 2. The van der Waals surface area contributed by atoms with Crippen LogP contribution in [0.4, 0.5) is 0 Å². The van der Waals surface area contributed by atoms with E-state index in [1.807, 2.05) is 43.4 Å². The van der Waals surface area contributed by atoms with Gasteiger partial charge in [-0.15, -0.1) is 10.2 Å². The second-order valence-corrected chi connectivity index (χ2v) is 5.52. The van der Waals surface area contributed by atoms with Gasteiger partial charge in [0.05, 0.1) is 11.7 Å². The third kappa shape index (κ3) is 2.91. The van der Waals surface area contributed by atoms with Gasteiger partial charge in [0, 0.05) is 6.07 Å². The van der Waals surface area contributed by atoms with Gasteiger partial charge in [0.2, 0.25) is 5.56 Å². The number of benzene rings is 1. The van der Waals surface area contributed by atoms with Crippen molar-refractivity contribution in [2.24, 2.45) is 0 Å². The third-order valence-electron chi connectivity index (χ3n) is 3.11. The molecule has 2 aromatic heterocycles. The summed E-state index contributed by atoms with van der Waals surface area (Å²) < 4.78 is 0. The van der Waals surface area contributed by atoms with Crippen LogP contribution in [-0.4, -0.2) is 22.2 Å². The SMILES string of the molecule is CNC(c1ccccc1)c1nnc(-c2cccc(=O)[nH]2)s1. The summed E-state index contributed by atoms with van der Waals surface area (Å²) in [5.41, 5.74) is 1.68. The molecule has 3 rings (SSSR count). The number of rotatable bonds is 4. The lowest BCUT2D eigenvalue weighted by molar-refractivity contribution is 0.678. The van der Waals surface area contributed by atoms with E-state index in [1.54, 1.807) is 6.07 Å². The zero-order chi connectivity index (χ0) is 14.7. The number of nitrogens with zero attached hydrogens (tertiary/aromatic N) is 2. The number of H-pyrrole nitrogens is 1. The summed E-state index contributed by atoms with van der Waals surface area (Å²) in [5.74, 6) is 0. The van der Waals surface area contributed by atoms with E-state index in [0.29, 0.717) is 10.7 Å². The van der Waals surface area contributed by atoms with Gasteiger partial charge in [0.25, 0.3) is 0 Å². The topological polar surface area (TPSA) is 70.7 Å². The fraction of sp³-hybridized carbons (Fsp3) is 0.133. The first-order valence-electron chi connectivity index (χ1n) is 6.53. The van der Waals surface area contributed by atoms with E-state index in [2.05, 4.69) is 20.5 Å². The van der Waals surface area contributed by atoms with Gasteiger partial charge < -0.3 is 10.3 Å². The molecule has 0 radical (unpaired) electrons. The van der Waals surface area contributed by atoms with Crippen molar-refractivity contribution < 1.29 is 0 Å². The van der Waals surface area contributed by atoms with E-state index >= 15 is 0 Å². The number of aromatic amines is 1. The molecular weight excluding hydrogens is 284 g/mol. The minimum absolute atomic E-state index is 0.00659. The Morgan fingerprint density at radius 2 is 1.90 bits per heavy atom. The number of nitrogens with one attached hydrogen (secondary N) is 2. The van der Waals surface area contributed by atoms with Gasteiger partial charge in [0.15, 0.2) is 5.01 Å². The Bertz CT molecular complexity index is 781. The number of hydrogen-bond acceptors (Lipinski definition) is 5. The highest BCUT2D eigenvalue weighted by atomic mass is 32.1. The van der Waals surface area contributed by atoms with E-state index in [9.17, 15) is 4.79 Å². The molecule has 5 nitrogen and oxygen atoms in total. The summed E-state index contributed by atoms with van der Waals surface area (Å²) in [4.78, 5) is 14.1. The van der Waals surface area contributed by atoms with Crippen LogP contribution in [0.15, 0.2) is 53.3 Å². The predicted octanol–water partition coefficient (Wildman–Crippen LogP) is 2.20. The number of aromatic nitrogens is 3. The van der Waals surface area contributed by atoms with Crippen LogP contribution in [0.25, 0.3) is 10.7 Å². The zero-order valence-corrected chi connectivity index (χ0v) is 12.2. The Labute approximate surface area is 125 Å². The lowest BCUT2D eigenvalue weighted by Gasteiger charge is -2.12. The van der Waals surface area contributed by atoms with Gasteiger partial charge in [-0.05, 0) is 18.7 Å². The molecule has 0 aliphatic carbocycles. The average Bonchev–Trinajstić information content (AvgIpc) is 2.99. The van der Waals surface area contributed by atoms with Crippen molar-refractivity contribution in [2.45, 2.75) is 6.04 Å². The summed E-state index contributed by atoms with van der Waals surface area (Å²) in [7, 11) is 1.89. The van der Waals surface area contributed by atoms with Crippen molar-refractivity contribution in [3.05, 3.63) is 69.5 Å². The smallest absolute Gasteiger partial charge is 0.248 e. The maximum atomic E-state index is 11.4. The molecular formula is C15H14N4OS. The molecule has 2 heterocycles. The fourth-order valence-electron chi connectivity index (χ4n) is 2.11. The zero-order valence-electron chi connectivity index (χ0n) is 11.4. The van der Waals surface area contributed by atoms with Crippen LogP contribution in [-0.2, 0) is 0 Å². The second kappa shape index (κ2) is 5.99. The number of pyridine rings is 1. The molecule has 6 heteroatoms. The summed E-state index contributed by atoms with van der Waals surface area (Å²) in [5, 5.41) is 13.3. The van der Waals surface area contributed by atoms with Crippen LogP contribution >= 0.6 is 11.3 Å². The molecule has 0 amide bonds. The first-order chi connectivity index (χ1) is 10.3. The summed E-state index contributed by atoms with van der Waals surface area (Å²) in [6.45, 7) is 0. The van der Waals surface area contributed by atoms with Crippen LogP contribution in [0.2, 0.25) is 0 Å². The summed E-state index contributed by atoms with van der Waals surface area (Å²) >= 11 is 1.47. The molecule has 0 saturated heterocycles. The Morgan fingerprint density at radius 1 is 1.10 bits per heavy atom. The summed E-state index contributed by atoms with van der Waals surface area (Å²) in [6, 6.07) is 15.1. The molecule has 2 N–H and O–H groups in total. The van der Waals surface area contributed by atoms with Crippen molar-refractivity contribution in [1.29, 1.82) is 0 Å². The highest BCUT2D eigenvalue weighted by Crippen LogP contribution is 2.28. The molecule has 21 heavy (non-hydrogen) atoms. The predicted molar refractivity (Wildman–Crippen MR) is 83.3 cm³/mol. The van der Waals surface area contributed by atoms with Crippen LogP contribution in [0.5, 0.6) is 0 Å². The first-order valence-corrected chi connectivity index (χ1v) is 7.35. The Balaban J connectivity index is 1.95. The van der Waals surface area contributed by atoms with Crippen molar-refractivity contribution in [3.8, 4) is 10.7 Å². The largest absolute Gasteiger partial charge is 0.320 e. The van der Waals surface area contributed by atoms with Crippen LogP contribution in [0.1, 0.15) is 16.6 Å². The van der Waals surface area contributed by atoms with E-state index in [4.69, 9.17) is 0 Å². The van der Waals surface area contributed by atoms with Crippen molar-refractivity contribution in [3.63, 3.8) is 0 Å². The van der Waals surface area contributed by atoms with E-state index < -0.39 is 0 Å². The van der Waals surface area contributed by atoms with Gasteiger partial charge in [-0.25, -0.2) is 0 Å².